The minimum absolute atomic E-state index is 0.0208. The quantitative estimate of drug-likeness (QED) is 0.645. The molecule has 2 atom stereocenters. The van der Waals surface area contributed by atoms with Crippen LogP contribution in [0.3, 0.4) is 0 Å². The number of hydrogen-bond acceptors (Lipinski definition) is 5. The van der Waals surface area contributed by atoms with Crippen molar-refractivity contribution in [3.8, 4) is 11.1 Å². The highest BCUT2D eigenvalue weighted by Gasteiger charge is 2.49. The van der Waals surface area contributed by atoms with Crippen molar-refractivity contribution in [2.24, 2.45) is 0 Å². The van der Waals surface area contributed by atoms with E-state index >= 15 is 0 Å². The minimum Gasteiger partial charge on any atom is -0.448 e. The van der Waals surface area contributed by atoms with Gasteiger partial charge in [-0.25, -0.2) is 4.79 Å². The maximum atomic E-state index is 13.3. The number of benzene rings is 2. The normalized spacial score (nSPS) is 26.2. The summed E-state index contributed by atoms with van der Waals surface area (Å²) in [4.78, 5) is 15.2. The second-order valence-electron chi connectivity index (χ2n) is 9.69. The highest BCUT2D eigenvalue weighted by molar-refractivity contribution is 5.79. The Labute approximate surface area is 195 Å². The number of carbonyl (C=O) groups is 1. The third kappa shape index (κ3) is 4.16. The van der Waals surface area contributed by atoms with E-state index in [0.29, 0.717) is 25.9 Å². The van der Waals surface area contributed by atoms with Crippen molar-refractivity contribution in [2.75, 3.05) is 20.8 Å². The molecule has 1 N–H and O–H groups in total. The number of hydrogen-bond donors (Lipinski definition) is 1. The first kappa shape index (κ1) is 22.4. The molecule has 176 valence electrons. The van der Waals surface area contributed by atoms with Crippen molar-refractivity contribution >= 4 is 6.09 Å². The molecule has 1 amide bonds. The monoisotopic (exact) mass is 451 g/mol. The van der Waals surface area contributed by atoms with E-state index in [2.05, 4.69) is 36.4 Å². The summed E-state index contributed by atoms with van der Waals surface area (Å²) in [5, 5.41) is 11.3. The van der Waals surface area contributed by atoms with E-state index < -0.39 is 11.9 Å². The van der Waals surface area contributed by atoms with Gasteiger partial charge in [0.25, 0.3) is 0 Å². The molecule has 1 aliphatic carbocycles. The van der Waals surface area contributed by atoms with Crippen molar-refractivity contribution in [1.82, 2.24) is 4.90 Å². The Balaban J connectivity index is 1.29. The maximum absolute atomic E-state index is 13.3. The zero-order valence-electron chi connectivity index (χ0n) is 19.4. The van der Waals surface area contributed by atoms with Crippen LogP contribution in [0, 0.1) is 0 Å². The van der Waals surface area contributed by atoms with Crippen LogP contribution in [0.5, 0.6) is 0 Å². The standard InChI is InChI=1S/C27H33NO5/c1-31-25(32-2)16-27(30)14-18-8-7-9-19(15-27)28(18)26(29)33-17-24-22-12-5-3-10-20(22)21-11-4-6-13-23(21)24/h3-6,10-13,18-19,24-25,30H,7-9,14-17H2,1-2H3. The van der Waals surface area contributed by atoms with Gasteiger partial charge in [-0.15, -0.1) is 0 Å². The number of piperidine rings is 2. The molecule has 2 aromatic carbocycles. The summed E-state index contributed by atoms with van der Waals surface area (Å²) in [6.45, 7) is 0.322. The lowest BCUT2D eigenvalue weighted by molar-refractivity contribution is -0.167. The second kappa shape index (κ2) is 9.09. The Morgan fingerprint density at radius 1 is 1.00 bits per heavy atom. The predicted octanol–water partition coefficient (Wildman–Crippen LogP) is 4.69. The molecule has 3 aliphatic rings. The number of fused-ring (bicyclic) bond motifs is 5. The van der Waals surface area contributed by atoms with Gasteiger partial charge in [0.2, 0.25) is 0 Å². The van der Waals surface area contributed by atoms with E-state index in [9.17, 15) is 9.90 Å². The summed E-state index contributed by atoms with van der Waals surface area (Å²) in [7, 11) is 3.17. The molecule has 0 aromatic heterocycles. The van der Waals surface area contributed by atoms with Crippen LogP contribution >= 0.6 is 0 Å². The molecule has 0 radical (unpaired) electrons. The number of aliphatic hydroxyl groups is 1. The van der Waals surface area contributed by atoms with Crippen molar-refractivity contribution in [2.45, 2.75) is 68.4 Å². The minimum atomic E-state index is -0.896. The number of nitrogens with zero attached hydrogens (tertiary/aromatic N) is 1. The molecular formula is C27H33NO5. The van der Waals surface area contributed by atoms with Gasteiger partial charge < -0.3 is 24.2 Å². The highest BCUT2D eigenvalue weighted by Crippen LogP contribution is 2.45. The number of amides is 1. The van der Waals surface area contributed by atoms with Gasteiger partial charge in [0.1, 0.15) is 6.61 Å². The maximum Gasteiger partial charge on any atom is 0.410 e. The lowest BCUT2D eigenvalue weighted by atomic mass is 9.74. The Hall–Kier alpha value is -2.41. The largest absolute Gasteiger partial charge is 0.448 e. The van der Waals surface area contributed by atoms with Gasteiger partial charge in [-0.1, -0.05) is 48.5 Å². The molecule has 2 fully saturated rings. The van der Waals surface area contributed by atoms with Gasteiger partial charge in [0.15, 0.2) is 6.29 Å². The predicted molar refractivity (Wildman–Crippen MR) is 125 cm³/mol. The van der Waals surface area contributed by atoms with Gasteiger partial charge in [-0.2, -0.15) is 0 Å². The third-order valence-electron chi connectivity index (χ3n) is 7.71. The molecule has 33 heavy (non-hydrogen) atoms. The Kier molecular flexibility index (Phi) is 6.16. The van der Waals surface area contributed by atoms with Crippen molar-refractivity contribution in [3.63, 3.8) is 0 Å². The molecule has 6 nitrogen and oxygen atoms in total. The first-order chi connectivity index (χ1) is 16.0. The van der Waals surface area contributed by atoms with E-state index in [1.165, 1.54) is 22.3 Å². The fourth-order valence-electron chi connectivity index (χ4n) is 6.23. The summed E-state index contributed by atoms with van der Waals surface area (Å²) >= 11 is 0. The molecule has 2 bridgehead atoms. The average molecular weight is 452 g/mol. The van der Waals surface area contributed by atoms with Crippen LogP contribution in [0.4, 0.5) is 4.79 Å². The van der Waals surface area contributed by atoms with Crippen molar-refractivity contribution < 1.29 is 24.1 Å². The lowest BCUT2D eigenvalue weighted by Gasteiger charge is -2.51. The van der Waals surface area contributed by atoms with Crippen LogP contribution in [0.15, 0.2) is 48.5 Å². The van der Waals surface area contributed by atoms with Crippen LogP contribution in [0.2, 0.25) is 0 Å². The SMILES string of the molecule is COC(CC1(O)CC2CCCC(C1)N2C(=O)OCC1c2ccccc2-c2ccccc21)OC. The zero-order valence-corrected chi connectivity index (χ0v) is 19.4. The molecule has 5 rings (SSSR count). The van der Waals surface area contributed by atoms with Gasteiger partial charge in [0, 0.05) is 38.6 Å². The Morgan fingerprint density at radius 2 is 1.55 bits per heavy atom. The van der Waals surface area contributed by atoms with Crippen LogP contribution in [0.25, 0.3) is 11.1 Å². The smallest absolute Gasteiger partial charge is 0.410 e. The summed E-state index contributed by atoms with van der Waals surface area (Å²) in [5.41, 5.74) is 3.97. The topological polar surface area (TPSA) is 68.2 Å². The van der Waals surface area contributed by atoms with E-state index in [4.69, 9.17) is 14.2 Å². The zero-order chi connectivity index (χ0) is 23.0. The van der Waals surface area contributed by atoms with Crippen LogP contribution in [0.1, 0.15) is 55.6 Å². The van der Waals surface area contributed by atoms with Gasteiger partial charge in [-0.05, 0) is 54.4 Å². The molecule has 0 saturated carbocycles. The number of carbonyl (C=O) groups excluding carboxylic acids is 1. The molecular weight excluding hydrogens is 418 g/mol. The average Bonchev–Trinajstić information content (AvgIpc) is 3.14. The highest BCUT2D eigenvalue weighted by atomic mass is 16.7. The summed E-state index contributed by atoms with van der Waals surface area (Å²) in [6, 6.07) is 16.7. The van der Waals surface area contributed by atoms with Crippen LogP contribution < -0.4 is 0 Å². The molecule has 2 heterocycles. The lowest BCUT2D eigenvalue weighted by Crippen LogP contribution is -2.60. The summed E-state index contributed by atoms with van der Waals surface area (Å²) in [6.07, 6.45) is 3.58. The molecule has 0 spiro atoms. The van der Waals surface area contributed by atoms with Gasteiger partial charge in [0.05, 0.1) is 5.60 Å². The number of rotatable bonds is 6. The van der Waals surface area contributed by atoms with Crippen LogP contribution in [-0.4, -0.2) is 60.9 Å². The van der Waals surface area contributed by atoms with Gasteiger partial charge in [-0.3, -0.25) is 0 Å². The van der Waals surface area contributed by atoms with E-state index in [-0.39, 0.29) is 24.1 Å². The molecule has 2 aliphatic heterocycles. The van der Waals surface area contributed by atoms with Gasteiger partial charge >= 0.3 is 6.09 Å². The third-order valence-corrected chi connectivity index (χ3v) is 7.71. The Bertz CT molecular complexity index is 944. The fraction of sp³-hybridized carbons (Fsp3) is 0.519. The first-order valence-electron chi connectivity index (χ1n) is 11.9. The number of methoxy groups -OCH3 is 2. The van der Waals surface area contributed by atoms with E-state index in [1.54, 1.807) is 14.2 Å². The second-order valence-corrected chi connectivity index (χ2v) is 9.69. The Morgan fingerprint density at radius 3 is 2.09 bits per heavy atom. The fourth-order valence-corrected chi connectivity index (χ4v) is 6.23. The summed E-state index contributed by atoms with van der Waals surface area (Å²) in [5.74, 6) is 0.0482. The van der Waals surface area contributed by atoms with Crippen LogP contribution in [-0.2, 0) is 14.2 Å². The van der Waals surface area contributed by atoms with Crippen molar-refractivity contribution in [1.29, 1.82) is 0 Å². The molecule has 6 heteroatoms. The molecule has 2 unspecified atom stereocenters. The van der Waals surface area contributed by atoms with Crippen molar-refractivity contribution in [3.05, 3.63) is 59.7 Å². The molecule has 2 aromatic rings. The molecule has 2 saturated heterocycles. The first-order valence-corrected chi connectivity index (χ1v) is 11.9. The van der Waals surface area contributed by atoms with E-state index in [0.717, 1.165) is 19.3 Å². The summed E-state index contributed by atoms with van der Waals surface area (Å²) < 4.78 is 16.6. The number of ether oxygens (including phenoxy) is 3. The van der Waals surface area contributed by atoms with E-state index in [1.807, 2.05) is 17.0 Å².